The molecular weight excluding hydrogens is 346 g/mol. The molecule has 1 aliphatic rings. The second-order valence-corrected chi connectivity index (χ2v) is 7.59. The summed E-state index contributed by atoms with van der Waals surface area (Å²) in [6, 6.07) is 21.3. The number of likely N-dealkylation sites (tertiary alicyclic amines) is 1. The average Bonchev–Trinajstić information content (AvgIpc) is 2.76. The number of nitrogens with zero attached hydrogens (tertiary/aromatic N) is 3. The van der Waals surface area contributed by atoms with Crippen LogP contribution in [0.15, 0.2) is 79.3 Å². The molecule has 0 unspecified atom stereocenters. The largest absolute Gasteiger partial charge is 0.338 e. The van der Waals surface area contributed by atoms with Gasteiger partial charge < -0.3 is 4.90 Å². The number of hydrogen-bond acceptors (Lipinski definition) is 3. The van der Waals surface area contributed by atoms with E-state index in [2.05, 4.69) is 65.4 Å². The van der Waals surface area contributed by atoms with E-state index < -0.39 is 0 Å². The van der Waals surface area contributed by atoms with E-state index in [-0.39, 0.29) is 17.4 Å². The lowest BCUT2D eigenvalue weighted by molar-refractivity contribution is -0.137. The molecule has 1 saturated heterocycles. The van der Waals surface area contributed by atoms with Crippen LogP contribution in [-0.2, 0) is 16.6 Å². The minimum Gasteiger partial charge on any atom is -0.338 e. The van der Waals surface area contributed by atoms with Crippen molar-refractivity contribution in [3.63, 3.8) is 0 Å². The highest BCUT2D eigenvalue weighted by molar-refractivity contribution is 5.78. The second-order valence-electron chi connectivity index (χ2n) is 7.59. The van der Waals surface area contributed by atoms with Gasteiger partial charge in [-0.2, -0.15) is 0 Å². The number of benzene rings is 2. The monoisotopic (exact) mass is 371 g/mol. The number of carbonyl (C=O) groups is 1. The number of aromatic nitrogens is 2. The third kappa shape index (κ3) is 3.55. The van der Waals surface area contributed by atoms with Crippen LogP contribution >= 0.6 is 0 Å². The second kappa shape index (κ2) is 7.93. The first-order valence-electron chi connectivity index (χ1n) is 9.84. The zero-order chi connectivity index (χ0) is 19.4. The lowest BCUT2D eigenvalue weighted by Gasteiger charge is -2.45. The molecule has 1 aliphatic heterocycles. The van der Waals surface area contributed by atoms with Gasteiger partial charge >= 0.3 is 0 Å². The molecular formula is C24H25N3O. The topological polar surface area (TPSA) is 46.1 Å². The first-order chi connectivity index (χ1) is 13.7. The van der Waals surface area contributed by atoms with E-state index in [0.29, 0.717) is 19.4 Å². The van der Waals surface area contributed by atoms with Crippen molar-refractivity contribution in [1.29, 1.82) is 0 Å². The summed E-state index contributed by atoms with van der Waals surface area (Å²) >= 11 is 0. The van der Waals surface area contributed by atoms with Crippen LogP contribution < -0.4 is 0 Å². The Hall–Kier alpha value is -3.01. The number of rotatable bonds is 5. The molecule has 4 heteroatoms. The van der Waals surface area contributed by atoms with Crippen molar-refractivity contribution in [3.05, 3.63) is 96.1 Å². The van der Waals surface area contributed by atoms with Gasteiger partial charge in [0.2, 0.25) is 5.91 Å². The van der Waals surface area contributed by atoms with Gasteiger partial charge in [-0.3, -0.25) is 14.8 Å². The number of amides is 1. The smallest absolute Gasteiger partial charge is 0.222 e. The predicted molar refractivity (Wildman–Crippen MR) is 110 cm³/mol. The molecule has 2 aromatic carbocycles. The number of hydrogen-bond donors (Lipinski definition) is 0. The van der Waals surface area contributed by atoms with Gasteiger partial charge in [-0.25, -0.2) is 0 Å². The Morgan fingerprint density at radius 2 is 1.64 bits per heavy atom. The summed E-state index contributed by atoms with van der Waals surface area (Å²) in [5.74, 6) is 0.221. The van der Waals surface area contributed by atoms with Crippen molar-refractivity contribution in [1.82, 2.24) is 14.9 Å². The van der Waals surface area contributed by atoms with Crippen molar-refractivity contribution >= 4 is 5.91 Å². The molecule has 3 aromatic rings. The minimum absolute atomic E-state index is 0.0660. The first kappa shape index (κ1) is 18.4. The molecule has 1 atom stereocenters. The molecule has 0 saturated carbocycles. The van der Waals surface area contributed by atoms with Crippen LogP contribution in [0.5, 0.6) is 0 Å². The third-order valence-corrected chi connectivity index (χ3v) is 5.83. The van der Waals surface area contributed by atoms with E-state index in [1.54, 1.807) is 18.6 Å². The fourth-order valence-corrected chi connectivity index (χ4v) is 4.32. The van der Waals surface area contributed by atoms with Crippen LogP contribution in [-0.4, -0.2) is 33.4 Å². The lowest BCUT2D eigenvalue weighted by atomic mass is 9.69. The average molecular weight is 371 g/mol. The third-order valence-electron chi connectivity index (χ3n) is 5.83. The number of carbonyl (C=O) groups excluding carboxylic acids is 1. The van der Waals surface area contributed by atoms with Crippen LogP contribution in [0.2, 0.25) is 0 Å². The maximum absolute atomic E-state index is 12.9. The fourth-order valence-electron chi connectivity index (χ4n) is 4.32. The summed E-state index contributed by atoms with van der Waals surface area (Å²) in [4.78, 5) is 23.5. The summed E-state index contributed by atoms with van der Waals surface area (Å²) in [5.41, 5.74) is 3.27. The van der Waals surface area contributed by atoms with Crippen molar-refractivity contribution in [2.24, 2.45) is 0 Å². The molecule has 1 aromatic heterocycles. The van der Waals surface area contributed by atoms with Crippen LogP contribution in [0.1, 0.15) is 36.6 Å². The van der Waals surface area contributed by atoms with E-state index in [1.165, 1.54) is 11.1 Å². The molecule has 0 N–H and O–H groups in total. The predicted octanol–water partition coefficient (Wildman–Crippen LogP) is 4.02. The molecule has 28 heavy (non-hydrogen) atoms. The summed E-state index contributed by atoms with van der Waals surface area (Å²) in [5, 5.41) is 0. The van der Waals surface area contributed by atoms with Gasteiger partial charge in [0.1, 0.15) is 0 Å². The molecule has 0 spiro atoms. The molecule has 142 valence electrons. The maximum atomic E-state index is 12.9. The molecule has 4 rings (SSSR count). The summed E-state index contributed by atoms with van der Waals surface area (Å²) in [6.07, 6.45) is 7.25. The van der Waals surface area contributed by atoms with Gasteiger partial charge in [0, 0.05) is 49.4 Å². The Bertz CT molecular complexity index is 873. The Kier molecular flexibility index (Phi) is 5.20. The van der Waals surface area contributed by atoms with Gasteiger partial charge in [-0.05, 0) is 24.5 Å². The zero-order valence-electron chi connectivity index (χ0n) is 16.2. The quantitative estimate of drug-likeness (QED) is 0.681. The van der Waals surface area contributed by atoms with Gasteiger partial charge in [0.25, 0.3) is 0 Å². The van der Waals surface area contributed by atoms with E-state index in [1.807, 2.05) is 17.0 Å². The van der Waals surface area contributed by atoms with Gasteiger partial charge in [-0.15, -0.1) is 0 Å². The first-order valence-corrected chi connectivity index (χ1v) is 9.84. The van der Waals surface area contributed by atoms with Crippen molar-refractivity contribution in [2.45, 2.75) is 37.6 Å². The molecule has 0 bridgehead atoms. The van der Waals surface area contributed by atoms with Crippen LogP contribution in [0, 0.1) is 0 Å². The summed E-state index contributed by atoms with van der Waals surface area (Å²) in [6.45, 7) is 2.79. The molecule has 0 radical (unpaired) electrons. The molecule has 1 amide bonds. The Balaban J connectivity index is 1.69. The Morgan fingerprint density at radius 1 is 1.00 bits per heavy atom. The molecule has 2 heterocycles. The SMILES string of the molecule is C[C@H](Cc1cnccn1)N1CC(c2ccccc2)(c2ccccc2)CCC1=O. The van der Waals surface area contributed by atoms with E-state index in [4.69, 9.17) is 0 Å². The van der Waals surface area contributed by atoms with Gasteiger partial charge in [0.05, 0.1) is 5.69 Å². The van der Waals surface area contributed by atoms with E-state index in [9.17, 15) is 4.79 Å². The Morgan fingerprint density at radius 3 is 2.21 bits per heavy atom. The standard InChI is InChI=1S/C24H25N3O/c1-19(16-22-17-25-14-15-26-22)27-18-24(13-12-23(27)28,20-8-4-2-5-9-20)21-10-6-3-7-11-21/h2-11,14-15,17,19H,12-13,16,18H2,1H3/t19-/m1/s1. The highest BCUT2D eigenvalue weighted by atomic mass is 16.2. The van der Waals surface area contributed by atoms with Gasteiger partial charge in [0.15, 0.2) is 0 Å². The molecule has 1 fully saturated rings. The van der Waals surface area contributed by atoms with Crippen LogP contribution in [0.4, 0.5) is 0 Å². The normalized spacial score (nSPS) is 17.3. The fraction of sp³-hybridized carbons (Fsp3) is 0.292. The van der Waals surface area contributed by atoms with E-state index >= 15 is 0 Å². The Labute approximate surface area is 166 Å². The highest BCUT2D eigenvalue weighted by Crippen LogP contribution is 2.41. The maximum Gasteiger partial charge on any atom is 0.222 e. The summed E-state index contributed by atoms with van der Waals surface area (Å²) in [7, 11) is 0. The van der Waals surface area contributed by atoms with E-state index in [0.717, 1.165) is 12.1 Å². The highest BCUT2D eigenvalue weighted by Gasteiger charge is 2.42. The zero-order valence-corrected chi connectivity index (χ0v) is 16.2. The van der Waals surface area contributed by atoms with Crippen molar-refractivity contribution in [3.8, 4) is 0 Å². The van der Waals surface area contributed by atoms with Crippen LogP contribution in [0.3, 0.4) is 0 Å². The minimum atomic E-state index is -0.187. The van der Waals surface area contributed by atoms with Crippen molar-refractivity contribution in [2.75, 3.05) is 6.54 Å². The number of piperidine rings is 1. The van der Waals surface area contributed by atoms with Crippen molar-refractivity contribution < 1.29 is 4.79 Å². The lowest BCUT2D eigenvalue weighted by Crippen LogP contribution is -2.53. The summed E-state index contributed by atoms with van der Waals surface area (Å²) < 4.78 is 0. The van der Waals surface area contributed by atoms with Gasteiger partial charge in [-0.1, -0.05) is 60.7 Å². The van der Waals surface area contributed by atoms with Crippen LogP contribution in [0.25, 0.3) is 0 Å². The molecule has 0 aliphatic carbocycles. The molecule has 4 nitrogen and oxygen atoms in total.